The van der Waals surface area contributed by atoms with Gasteiger partial charge < -0.3 is 19.5 Å². The largest absolute Gasteiger partial charge is 0.486 e. The second-order valence-electron chi connectivity index (χ2n) is 9.66. The van der Waals surface area contributed by atoms with Gasteiger partial charge in [-0.3, -0.25) is 14.5 Å². The highest BCUT2D eigenvalue weighted by Gasteiger charge is 2.34. The fourth-order valence-corrected chi connectivity index (χ4v) is 5.04. The summed E-state index contributed by atoms with van der Waals surface area (Å²) in [6.07, 6.45) is 1.67. The van der Waals surface area contributed by atoms with Gasteiger partial charge in [-0.15, -0.1) is 5.10 Å². The highest BCUT2D eigenvalue weighted by atomic mass is 19.1. The molecular formula is C29H28FN5O5. The van der Waals surface area contributed by atoms with Gasteiger partial charge in [0.05, 0.1) is 11.6 Å². The third-order valence-electron chi connectivity index (χ3n) is 7.00. The number of benzene rings is 3. The maximum Gasteiger partial charge on any atom is 0.249 e. The molecule has 1 aromatic heterocycles. The van der Waals surface area contributed by atoms with E-state index in [4.69, 9.17) is 14.2 Å². The molecule has 2 amide bonds. The summed E-state index contributed by atoms with van der Waals surface area (Å²) in [6, 6.07) is 16.8. The molecule has 3 heterocycles. The smallest absolute Gasteiger partial charge is 0.249 e. The normalized spacial score (nSPS) is 17.0. The minimum atomic E-state index is -1.12. The molecule has 11 heteroatoms. The topological polar surface area (TPSA) is 108 Å². The van der Waals surface area contributed by atoms with Crippen molar-refractivity contribution in [3.05, 3.63) is 78.1 Å². The lowest BCUT2D eigenvalue weighted by Crippen LogP contribution is -2.46. The number of amides is 2. The standard InChI is InChI=1S/C29H28FN5O5/c30-20-9-7-19(8-10-20)28(29(37)31-17-22-4-3-13-38-22)35(21-11-12-25-26(16-21)40-15-14-39-25)27(36)18-34-24-6-2-1-5-23(24)32-33-34/h1-2,5-12,16,22,28H,3-4,13-15,17-18H2,(H,31,37)/t22-,28-/m0/s1. The van der Waals surface area contributed by atoms with Crippen LogP contribution in [0.1, 0.15) is 24.4 Å². The number of anilines is 1. The Morgan fingerprint density at radius 1 is 1.02 bits per heavy atom. The van der Waals surface area contributed by atoms with Crippen molar-refractivity contribution in [3.8, 4) is 11.5 Å². The van der Waals surface area contributed by atoms with Crippen LogP contribution in [0.15, 0.2) is 66.7 Å². The SMILES string of the molecule is O=C(NC[C@@H]1CCCO1)[C@H](c1ccc(F)cc1)N(C(=O)Cn1nnc2ccccc21)c1ccc2c(c1)OCCO2. The van der Waals surface area contributed by atoms with Crippen molar-refractivity contribution < 1.29 is 28.2 Å². The van der Waals surface area contributed by atoms with Crippen LogP contribution in [0.25, 0.3) is 11.0 Å². The Hall–Kier alpha value is -4.51. The molecule has 40 heavy (non-hydrogen) atoms. The molecule has 206 valence electrons. The molecule has 0 unspecified atom stereocenters. The van der Waals surface area contributed by atoms with Crippen LogP contribution < -0.4 is 19.7 Å². The van der Waals surface area contributed by atoms with E-state index in [1.807, 2.05) is 24.3 Å². The zero-order valence-electron chi connectivity index (χ0n) is 21.7. The minimum Gasteiger partial charge on any atom is -0.486 e. The van der Waals surface area contributed by atoms with Gasteiger partial charge in [-0.25, -0.2) is 9.07 Å². The second kappa shape index (κ2) is 11.3. The van der Waals surface area contributed by atoms with Gasteiger partial charge in [0.2, 0.25) is 11.8 Å². The Morgan fingerprint density at radius 2 is 1.82 bits per heavy atom. The van der Waals surface area contributed by atoms with Gasteiger partial charge >= 0.3 is 0 Å². The first-order valence-electron chi connectivity index (χ1n) is 13.2. The molecular weight excluding hydrogens is 517 g/mol. The van der Waals surface area contributed by atoms with Crippen LogP contribution in [0, 0.1) is 5.82 Å². The Morgan fingerprint density at radius 3 is 2.62 bits per heavy atom. The molecule has 0 saturated carbocycles. The summed E-state index contributed by atoms with van der Waals surface area (Å²) in [4.78, 5) is 29.4. The number of aromatic nitrogens is 3. The van der Waals surface area contributed by atoms with Crippen LogP contribution in [0.3, 0.4) is 0 Å². The molecule has 0 spiro atoms. The van der Waals surface area contributed by atoms with Gasteiger partial charge in [0, 0.05) is 24.9 Å². The number of fused-ring (bicyclic) bond motifs is 2. The first kappa shape index (κ1) is 25.8. The summed E-state index contributed by atoms with van der Waals surface area (Å²) in [6.45, 7) is 1.53. The van der Waals surface area contributed by atoms with Gasteiger partial charge in [0.1, 0.15) is 37.1 Å². The van der Waals surface area contributed by atoms with Crippen LogP contribution in [0.5, 0.6) is 11.5 Å². The van der Waals surface area contributed by atoms with E-state index >= 15 is 0 Å². The maximum atomic E-state index is 14.2. The van der Waals surface area contributed by atoms with Crippen molar-refractivity contribution in [2.24, 2.45) is 0 Å². The number of para-hydroxylation sites is 1. The lowest BCUT2D eigenvalue weighted by molar-refractivity contribution is -0.127. The number of carbonyl (C=O) groups is 2. The van der Waals surface area contributed by atoms with E-state index in [-0.39, 0.29) is 12.6 Å². The van der Waals surface area contributed by atoms with Crippen molar-refractivity contribution in [3.63, 3.8) is 0 Å². The summed E-state index contributed by atoms with van der Waals surface area (Å²) < 4.78 is 32.5. The summed E-state index contributed by atoms with van der Waals surface area (Å²) in [5, 5.41) is 11.3. The highest BCUT2D eigenvalue weighted by Crippen LogP contribution is 2.37. The van der Waals surface area contributed by atoms with Gasteiger partial charge in [0.15, 0.2) is 11.5 Å². The van der Waals surface area contributed by atoms with Crippen molar-refractivity contribution >= 4 is 28.5 Å². The van der Waals surface area contributed by atoms with E-state index in [9.17, 15) is 14.0 Å². The predicted octanol–water partition coefficient (Wildman–Crippen LogP) is 3.41. The monoisotopic (exact) mass is 545 g/mol. The molecule has 1 N–H and O–H groups in total. The molecule has 3 aromatic carbocycles. The van der Waals surface area contributed by atoms with E-state index in [2.05, 4.69) is 15.6 Å². The molecule has 2 atom stereocenters. The number of ether oxygens (including phenoxy) is 3. The summed E-state index contributed by atoms with van der Waals surface area (Å²) in [7, 11) is 0. The van der Waals surface area contributed by atoms with Crippen molar-refractivity contribution in [2.45, 2.75) is 31.5 Å². The Balaban J connectivity index is 1.40. The predicted molar refractivity (Wildman–Crippen MR) is 144 cm³/mol. The van der Waals surface area contributed by atoms with Crippen molar-refractivity contribution in [1.82, 2.24) is 20.3 Å². The lowest BCUT2D eigenvalue weighted by atomic mass is 10.0. The summed E-state index contributed by atoms with van der Waals surface area (Å²) in [5.74, 6) is -0.285. The Labute approximate surface area is 229 Å². The van der Waals surface area contributed by atoms with E-state index in [1.165, 1.54) is 33.8 Å². The van der Waals surface area contributed by atoms with E-state index in [0.29, 0.717) is 60.1 Å². The quantitative estimate of drug-likeness (QED) is 0.362. The number of nitrogens with one attached hydrogen (secondary N) is 1. The van der Waals surface area contributed by atoms with Crippen LogP contribution in [-0.2, 0) is 20.9 Å². The van der Waals surface area contributed by atoms with Crippen LogP contribution in [-0.4, -0.2) is 59.3 Å². The number of hydrogen-bond acceptors (Lipinski definition) is 7. The molecule has 10 nitrogen and oxygen atoms in total. The zero-order chi connectivity index (χ0) is 27.5. The van der Waals surface area contributed by atoms with Crippen LogP contribution in [0.4, 0.5) is 10.1 Å². The number of rotatable bonds is 8. The fraction of sp³-hybridized carbons (Fsp3) is 0.310. The highest BCUT2D eigenvalue weighted by molar-refractivity contribution is 6.01. The summed E-state index contributed by atoms with van der Waals surface area (Å²) >= 11 is 0. The van der Waals surface area contributed by atoms with Gasteiger partial charge in [0.25, 0.3) is 0 Å². The molecule has 2 aliphatic rings. The molecule has 1 saturated heterocycles. The lowest BCUT2D eigenvalue weighted by Gasteiger charge is -2.32. The molecule has 4 aromatic rings. The minimum absolute atomic E-state index is 0.0993. The molecule has 6 rings (SSSR count). The fourth-order valence-electron chi connectivity index (χ4n) is 5.04. The molecule has 0 radical (unpaired) electrons. The van der Waals surface area contributed by atoms with Gasteiger partial charge in [-0.05, 0) is 54.8 Å². The Bertz CT molecular complexity index is 1520. The van der Waals surface area contributed by atoms with E-state index < -0.39 is 23.7 Å². The molecule has 0 aliphatic carbocycles. The molecule has 1 fully saturated rings. The van der Waals surface area contributed by atoms with E-state index in [1.54, 1.807) is 18.2 Å². The number of halogens is 1. The Kier molecular flexibility index (Phi) is 7.28. The number of carbonyl (C=O) groups excluding carboxylic acids is 2. The second-order valence-corrected chi connectivity index (χ2v) is 9.66. The molecule has 2 aliphatic heterocycles. The average Bonchev–Trinajstić information content (AvgIpc) is 3.65. The van der Waals surface area contributed by atoms with E-state index in [0.717, 1.165) is 12.8 Å². The first-order chi connectivity index (χ1) is 19.6. The molecule has 0 bridgehead atoms. The van der Waals surface area contributed by atoms with Crippen LogP contribution in [0.2, 0.25) is 0 Å². The van der Waals surface area contributed by atoms with Crippen molar-refractivity contribution in [2.75, 3.05) is 31.3 Å². The van der Waals surface area contributed by atoms with Crippen molar-refractivity contribution in [1.29, 1.82) is 0 Å². The maximum absolute atomic E-state index is 14.2. The number of nitrogens with zero attached hydrogens (tertiary/aromatic N) is 4. The summed E-state index contributed by atoms with van der Waals surface area (Å²) in [5.41, 5.74) is 2.18. The zero-order valence-corrected chi connectivity index (χ0v) is 21.7. The third kappa shape index (κ3) is 5.32. The van der Waals surface area contributed by atoms with Gasteiger partial charge in [-0.1, -0.05) is 29.5 Å². The average molecular weight is 546 g/mol. The number of hydrogen-bond donors (Lipinski definition) is 1. The van der Waals surface area contributed by atoms with Crippen LogP contribution >= 0.6 is 0 Å². The third-order valence-corrected chi connectivity index (χ3v) is 7.00. The van der Waals surface area contributed by atoms with Gasteiger partial charge in [-0.2, -0.15) is 0 Å². The first-order valence-corrected chi connectivity index (χ1v) is 13.2.